The van der Waals surface area contributed by atoms with Crippen molar-refractivity contribution in [1.82, 2.24) is 15.5 Å². The Kier molecular flexibility index (Phi) is 5.06. The van der Waals surface area contributed by atoms with Gasteiger partial charge in [-0.2, -0.15) is 0 Å². The van der Waals surface area contributed by atoms with Crippen molar-refractivity contribution in [2.24, 2.45) is 10.4 Å². The molecule has 0 bridgehead atoms. The second-order valence-electron chi connectivity index (χ2n) is 6.87. The first-order chi connectivity index (χ1) is 12.1. The van der Waals surface area contributed by atoms with Crippen LogP contribution in [-0.4, -0.2) is 49.4 Å². The number of carbonyl (C=O) groups excluding carboxylic acids is 2. The van der Waals surface area contributed by atoms with Crippen molar-refractivity contribution in [2.45, 2.75) is 32.6 Å². The number of amides is 2. The Morgan fingerprint density at radius 3 is 2.28 bits per heavy atom. The summed E-state index contributed by atoms with van der Waals surface area (Å²) >= 11 is 0. The van der Waals surface area contributed by atoms with E-state index in [0.717, 1.165) is 12.5 Å². The van der Waals surface area contributed by atoms with Gasteiger partial charge >= 0.3 is 0 Å². The average Bonchev–Trinajstić information content (AvgIpc) is 2.84. The first kappa shape index (κ1) is 17.5. The number of imide groups is 1. The number of aliphatic imine (C=N–C) groups is 1. The zero-order valence-corrected chi connectivity index (χ0v) is 15.0. The topological polar surface area (TPSA) is 73.8 Å². The highest BCUT2D eigenvalue weighted by Crippen LogP contribution is 2.42. The number of rotatable bonds is 6. The van der Waals surface area contributed by atoms with Crippen LogP contribution >= 0.6 is 0 Å². The fourth-order valence-corrected chi connectivity index (χ4v) is 3.55. The largest absolute Gasteiger partial charge is 0.356 e. The summed E-state index contributed by atoms with van der Waals surface area (Å²) in [6.45, 7) is 3.95. The molecule has 0 aromatic heterocycles. The van der Waals surface area contributed by atoms with Crippen LogP contribution in [0.2, 0.25) is 0 Å². The molecule has 0 atom stereocenters. The zero-order chi connectivity index (χ0) is 17.9. The maximum absolute atomic E-state index is 12.3. The summed E-state index contributed by atoms with van der Waals surface area (Å²) < 4.78 is 0. The minimum atomic E-state index is -0.218. The van der Waals surface area contributed by atoms with Gasteiger partial charge in [0.1, 0.15) is 0 Å². The summed E-state index contributed by atoms with van der Waals surface area (Å²) in [5.74, 6) is 0.283. The van der Waals surface area contributed by atoms with E-state index in [2.05, 4.69) is 22.5 Å². The SMILES string of the molecule is CCC1(CNC(=NC)NCCN2C(=O)c3ccccc3C2=O)CCC1. The van der Waals surface area contributed by atoms with Crippen LogP contribution in [0.25, 0.3) is 0 Å². The highest BCUT2D eigenvalue weighted by atomic mass is 16.2. The molecule has 1 aromatic rings. The van der Waals surface area contributed by atoms with E-state index in [1.807, 2.05) is 0 Å². The molecule has 2 amide bonds. The number of guanidine groups is 1. The Morgan fingerprint density at radius 2 is 1.80 bits per heavy atom. The molecular formula is C19H26N4O2. The number of nitrogens with zero attached hydrogens (tertiary/aromatic N) is 2. The Balaban J connectivity index is 1.49. The third kappa shape index (κ3) is 3.38. The van der Waals surface area contributed by atoms with Gasteiger partial charge < -0.3 is 10.6 Å². The van der Waals surface area contributed by atoms with E-state index in [0.29, 0.717) is 29.6 Å². The molecule has 25 heavy (non-hydrogen) atoms. The van der Waals surface area contributed by atoms with Gasteiger partial charge in [0, 0.05) is 26.7 Å². The van der Waals surface area contributed by atoms with Crippen LogP contribution in [-0.2, 0) is 0 Å². The van der Waals surface area contributed by atoms with Gasteiger partial charge in [-0.3, -0.25) is 19.5 Å². The lowest BCUT2D eigenvalue weighted by atomic mass is 9.67. The minimum absolute atomic E-state index is 0.218. The fraction of sp³-hybridized carbons (Fsp3) is 0.526. The van der Waals surface area contributed by atoms with Crippen molar-refractivity contribution < 1.29 is 9.59 Å². The molecule has 3 rings (SSSR count). The second kappa shape index (κ2) is 7.25. The van der Waals surface area contributed by atoms with Crippen LogP contribution in [0.4, 0.5) is 0 Å². The van der Waals surface area contributed by atoms with Crippen molar-refractivity contribution in [1.29, 1.82) is 0 Å². The zero-order valence-electron chi connectivity index (χ0n) is 15.0. The Hall–Kier alpha value is -2.37. The average molecular weight is 342 g/mol. The Labute approximate surface area is 148 Å². The quantitative estimate of drug-likeness (QED) is 0.471. The highest BCUT2D eigenvalue weighted by Gasteiger charge is 2.36. The molecule has 1 aromatic carbocycles. The molecule has 1 aliphatic heterocycles. The van der Waals surface area contributed by atoms with Gasteiger partial charge in [-0.1, -0.05) is 25.5 Å². The summed E-state index contributed by atoms with van der Waals surface area (Å²) in [7, 11) is 1.73. The van der Waals surface area contributed by atoms with Crippen molar-refractivity contribution in [3.8, 4) is 0 Å². The lowest BCUT2D eigenvalue weighted by Crippen LogP contribution is -2.48. The normalized spacial score (nSPS) is 18.8. The molecule has 1 heterocycles. The Morgan fingerprint density at radius 1 is 1.16 bits per heavy atom. The molecule has 1 aliphatic carbocycles. The van der Waals surface area contributed by atoms with E-state index in [1.165, 1.54) is 30.6 Å². The summed E-state index contributed by atoms with van der Waals surface area (Å²) in [6, 6.07) is 6.96. The van der Waals surface area contributed by atoms with E-state index in [1.54, 1.807) is 31.3 Å². The smallest absolute Gasteiger partial charge is 0.261 e. The van der Waals surface area contributed by atoms with Gasteiger partial charge in [-0.25, -0.2) is 0 Å². The molecule has 6 heteroatoms. The first-order valence-electron chi connectivity index (χ1n) is 9.00. The van der Waals surface area contributed by atoms with E-state index >= 15 is 0 Å². The second-order valence-corrected chi connectivity index (χ2v) is 6.87. The maximum Gasteiger partial charge on any atom is 0.261 e. The van der Waals surface area contributed by atoms with E-state index in [9.17, 15) is 9.59 Å². The predicted octanol–water partition coefficient (Wildman–Crippen LogP) is 2.03. The molecule has 0 saturated heterocycles. The lowest BCUT2D eigenvalue weighted by Gasteiger charge is -2.41. The highest BCUT2D eigenvalue weighted by molar-refractivity contribution is 6.21. The minimum Gasteiger partial charge on any atom is -0.356 e. The van der Waals surface area contributed by atoms with Gasteiger partial charge in [-0.05, 0) is 36.8 Å². The van der Waals surface area contributed by atoms with E-state index < -0.39 is 0 Å². The summed E-state index contributed by atoms with van der Waals surface area (Å²) in [4.78, 5) is 30.2. The van der Waals surface area contributed by atoms with E-state index in [4.69, 9.17) is 0 Å². The molecule has 2 aliphatic rings. The Bertz CT molecular complexity index is 654. The van der Waals surface area contributed by atoms with Crippen LogP contribution in [0.5, 0.6) is 0 Å². The van der Waals surface area contributed by atoms with Gasteiger partial charge in [0.2, 0.25) is 0 Å². The number of hydrogen-bond donors (Lipinski definition) is 2. The summed E-state index contributed by atoms with van der Waals surface area (Å²) in [6.07, 6.45) is 5.01. The summed E-state index contributed by atoms with van der Waals surface area (Å²) in [5.41, 5.74) is 1.38. The number of benzene rings is 1. The van der Waals surface area contributed by atoms with Crippen LogP contribution < -0.4 is 10.6 Å². The lowest BCUT2D eigenvalue weighted by molar-refractivity contribution is 0.0657. The molecule has 0 unspecified atom stereocenters. The molecule has 134 valence electrons. The van der Waals surface area contributed by atoms with Crippen LogP contribution in [0, 0.1) is 5.41 Å². The molecule has 0 radical (unpaired) electrons. The predicted molar refractivity (Wildman–Crippen MR) is 97.7 cm³/mol. The van der Waals surface area contributed by atoms with E-state index in [-0.39, 0.29) is 11.8 Å². The molecule has 0 spiro atoms. The third-order valence-corrected chi connectivity index (χ3v) is 5.52. The van der Waals surface area contributed by atoms with Crippen LogP contribution in [0.15, 0.2) is 29.3 Å². The van der Waals surface area contributed by atoms with Crippen molar-refractivity contribution >= 4 is 17.8 Å². The number of carbonyl (C=O) groups is 2. The van der Waals surface area contributed by atoms with Gasteiger partial charge in [0.25, 0.3) is 11.8 Å². The van der Waals surface area contributed by atoms with Crippen LogP contribution in [0.3, 0.4) is 0 Å². The first-order valence-corrected chi connectivity index (χ1v) is 9.00. The van der Waals surface area contributed by atoms with Crippen molar-refractivity contribution in [3.05, 3.63) is 35.4 Å². The maximum atomic E-state index is 12.3. The number of fused-ring (bicyclic) bond motifs is 1. The number of hydrogen-bond acceptors (Lipinski definition) is 3. The third-order valence-electron chi connectivity index (χ3n) is 5.52. The van der Waals surface area contributed by atoms with Gasteiger partial charge in [-0.15, -0.1) is 0 Å². The summed E-state index contributed by atoms with van der Waals surface area (Å²) in [5, 5.41) is 6.58. The van der Waals surface area contributed by atoms with Gasteiger partial charge in [0.15, 0.2) is 5.96 Å². The van der Waals surface area contributed by atoms with Gasteiger partial charge in [0.05, 0.1) is 11.1 Å². The number of nitrogens with one attached hydrogen (secondary N) is 2. The molecule has 2 N–H and O–H groups in total. The monoisotopic (exact) mass is 342 g/mol. The standard InChI is InChI=1S/C19H26N4O2/c1-3-19(9-6-10-19)13-22-18(20-2)21-11-12-23-16(24)14-7-4-5-8-15(14)17(23)25/h4-5,7-8H,3,6,9-13H2,1-2H3,(H2,20,21,22). The molecular weight excluding hydrogens is 316 g/mol. The molecule has 1 saturated carbocycles. The van der Waals surface area contributed by atoms with Crippen LogP contribution in [0.1, 0.15) is 53.3 Å². The van der Waals surface area contributed by atoms with Crippen molar-refractivity contribution in [2.75, 3.05) is 26.7 Å². The fourth-order valence-electron chi connectivity index (χ4n) is 3.55. The molecule has 1 fully saturated rings. The van der Waals surface area contributed by atoms with Crippen molar-refractivity contribution in [3.63, 3.8) is 0 Å². The molecule has 6 nitrogen and oxygen atoms in total.